The number of alkyl halides is 8. The first-order valence-electron chi connectivity index (χ1n) is 22.3. The van der Waals surface area contributed by atoms with Crippen molar-refractivity contribution in [3.05, 3.63) is 98.7 Å². The van der Waals surface area contributed by atoms with Crippen molar-refractivity contribution in [2.75, 3.05) is 19.6 Å². The van der Waals surface area contributed by atoms with Crippen LogP contribution in [0.4, 0.5) is 43.9 Å². The molecule has 0 bridgehead atoms. The predicted octanol–water partition coefficient (Wildman–Crippen LogP) is 7.26. The second kappa shape index (κ2) is 20.9. The van der Waals surface area contributed by atoms with E-state index in [2.05, 4.69) is 36.9 Å². The van der Waals surface area contributed by atoms with Gasteiger partial charge in [0.2, 0.25) is 16.8 Å². The Bertz CT molecular complexity index is 3490. The topological polar surface area (TPSA) is 242 Å². The first-order valence-corrected chi connectivity index (χ1v) is 27.3. The molecule has 18 nitrogen and oxygen atoms in total. The number of benzene rings is 2. The number of nitrogens with zero attached hydrogens (tertiary/aromatic N) is 6. The van der Waals surface area contributed by atoms with E-state index in [1.807, 2.05) is 0 Å². The number of esters is 1. The number of amides is 1. The Hall–Kier alpha value is -5.67. The maximum absolute atomic E-state index is 15.6. The third-order valence-electron chi connectivity index (χ3n) is 12.5. The van der Waals surface area contributed by atoms with E-state index < -0.39 is 172 Å². The van der Waals surface area contributed by atoms with Crippen LogP contribution in [0.1, 0.15) is 85.7 Å². The summed E-state index contributed by atoms with van der Waals surface area (Å²) in [6, 6.07) is 4.86. The normalized spacial score (nSPS) is 17.0. The fourth-order valence-corrected chi connectivity index (χ4v) is 9.81. The minimum absolute atomic E-state index is 0.184. The lowest BCUT2D eigenvalue weighted by atomic mass is 9.93. The van der Waals surface area contributed by atoms with Gasteiger partial charge in [0.25, 0.3) is 5.92 Å². The van der Waals surface area contributed by atoms with Crippen molar-refractivity contribution in [2.24, 2.45) is 11.3 Å². The Morgan fingerprint density at radius 3 is 2.22 bits per heavy atom. The van der Waals surface area contributed by atoms with Crippen LogP contribution >= 0.6 is 19.4 Å². The molecule has 1 unspecified atom stereocenters. The van der Waals surface area contributed by atoms with Crippen molar-refractivity contribution in [1.82, 2.24) is 34.2 Å². The first kappa shape index (κ1) is 59.0. The molecular weight excluding hydrogens is 1140 g/mol. The number of aromatic nitrogens is 5. The number of hydrogen-bond donors (Lipinski definition) is 4. The zero-order valence-corrected chi connectivity index (χ0v) is 43.8. The summed E-state index contributed by atoms with van der Waals surface area (Å²) in [6.07, 6.45) is -10.5. The fraction of sp³-hybridized carbons (Fsp3) is 0.444. The standard InChI is InChI=1S/C45H43ClF10N7O11PS2/c1-41(2,20-74-75(66,67)68)40(65)73-21-61(76(69)70)17-32-35-30(46)9-8-27(37(35)63(59-32)19-43(49,50)51)26-7-6-25(10-11-42(3,4)77(5,71)72)57-36(26)31(14-22-12-23(47)15-24(48)13-22)58-33(64)18-62-39-34(38(60-62)45(54,55)56)28-16-29(28)44(39,52)53/h6-9,12-13,15,28-29,31,76H,14,16-21H2,1-5H3,(H,58,64)(H2,66,67,68)/t28-,29+,31?/m0/s1. The molecular formula is C45H43ClF10N7O11PS2. The molecule has 1 amide bonds. The van der Waals surface area contributed by atoms with Crippen molar-refractivity contribution < 1.29 is 93.9 Å². The molecule has 2 aromatic carbocycles. The maximum Gasteiger partial charge on any atom is 0.469 e. The molecule has 3 aromatic heterocycles. The Labute approximate surface area is 437 Å². The van der Waals surface area contributed by atoms with Crippen LogP contribution in [-0.2, 0) is 82.3 Å². The number of ether oxygens (including phenoxy) is 1. The van der Waals surface area contributed by atoms with Gasteiger partial charge in [-0.3, -0.25) is 23.5 Å². The number of sulfone groups is 1. The molecule has 5 aromatic rings. The number of phosphoric acid groups is 1. The van der Waals surface area contributed by atoms with Crippen molar-refractivity contribution in [3.63, 3.8) is 0 Å². The number of fused-ring (bicyclic) bond motifs is 4. The second-order valence-corrected chi connectivity index (χ2v) is 24.5. The SMILES string of the molecule is CC(C)(COP(=O)(O)O)C(=O)OCN(Cc1nn(CC(F)(F)F)c2c(-c3ccc(C#CC(C)(C)S(C)(=O)=O)nc3C(Cc3cc(F)cc(F)c3)NC(=O)Cn3nc(C(F)(F)F)c4c3C(F)(F)[C@@H]3C[C@H]43)ccc(Cl)c12)[SH](=O)=O. The fourth-order valence-electron chi connectivity index (χ4n) is 8.42. The third kappa shape index (κ3) is 13.1. The largest absolute Gasteiger partial charge is 0.469 e. The second-order valence-electron chi connectivity index (χ2n) is 19.3. The van der Waals surface area contributed by atoms with Gasteiger partial charge in [-0.05, 0) is 88.3 Å². The Morgan fingerprint density at radius 2 is 1.64 bits per heavy atom. The zero-order chi connectivity index (χ0) is 57.3. The number of carbonyl (C=O) groups is 2. The lowest BCUT2D eigenvalue weighted by Gasteiger charge is -2.24. The van der Waals surface area contributed by atoms with Gasteiger partial charge in [0.05, 0.1) is 46.5 Å². The van der Waals surface area contributed by atoms with E-state index in [9.17, 15) is 66.1 Å². The van der Waals surface area contributed by atoms with Gasteiger partial charge in [0, 0.05) is 40.3 Å². The smallest absolute Gasteiger partial charge is 0.448 e. The number of pyridine rings is 1. The van der Waals surface area contributed by atoms with E-state index in [4.69, 9.17) is 26.1 Å². The van der Waals surface area contributed by atoms with Crippen LogP contribution in [0, 0.1) is 34.8 Å². The number of halogens is 11. The van der Waals surface area contributed by atoms with E-state index in [1.54, 1.807) is 0 Å². The molecule has 32 heteroatoms. The summed E-state index contributed by atoms with van der Waals surface area (Å²) in [5.41, 5.74) is -8.02. The number of hydrogen-bond acceptors (Lipinski definition) is 12. The molecule has 1 fully saturated rings. The van der Waals surface area contributed by atoms with Crippen molar-refractivity contribution in [2.45, 2.75) is 95.2 Å². The van der Waals surface area contributed by atoms with Gasteiger partial charge in [0.1, 0.15) is 40.9 Å². The Morgan fingerprint density at radius 1 is 1.00 bits per heavy atom. The minimum Gasteiger partial charge on any atom is -0.448 e. The minimum atomic E-state index is -5.24. The zero-order valence-electron chi connectivity index (χ0n) is 40.4. The summed E-state index contributed by atoms with van der Waals surface area (Å²) in [6.45, 7) is -1.53. The monoisotopic (exact) mass is 1180 g/mol. The molecule has 3 N–H and O–H groups in total. The quantitative estimate of drug-likeness (QED) is 0.0169. The highest BCUT2D eigenvalue weighted by Crippen LogP contribution is 2.68. The van der Waals surface area contributed by atoms with Crippen molar-refractivity contribution >= 4 is 62.9 Å². The van der Waals surface area contributed by atoms with Crippen LogP contribution in [0.5, 0.6) is 0 Å². The average Bonchev–Trinajstić information content (AvgIpc) is 3.80. The summed E-state index contributed by atoms with van der Waals surface area (Å²) < 4.78 is 218. The molecule has 418 valence electrons. The summed E-state index contributed by atoms with van der Waals surface area (Å²) in [5, 5.41) is 9.11. The van der Waals surface area contributed by atoms with Gasteiger partial charge in [0.15, 0.2) is 22.3 Å². The van der Waals surface area contributed by atoms with Gasteiger partial charge >= 0.3 is 26.1 Å². The van der Waals surface area contributed by atoms with Crippen molar-refractivity contribution in [3.8, 4) is 23.0 Å². The van der Waals surface area contributed by atoms with Gasteiger partial charge in [-0.2, -0.15) is 49.6 Å². The lowest BCUT2D eigenvalue weighted by Crippen LogP contribution is -2.35. The Kier molecular flexibility index (Phi) is 16.0. The number of phosphoric ester groups is 1. The van der Waals surface area contributed by atoms with Gasteiger partial charge in [-0.1, -0.05) is 23.6 Å². The average molecular weight is 1180 g/mol. The molecule has 0 spiro atoms. The highest BCUT2D eigenvalue weighted by molar-refractivity contribution is 7.92. The van der Waals surface area contributed by atoms with Gasteiger partial charge in [-0.15, -0.1) is 0 Å². The number of thiol groups is 1. The predicted molar refractivity (Wildman–Crippen MR) is 251 cm³/mol. The Balaban J connectivity index is 1.40. The van der Waals surface area contributed by atoms with E-state index in [-0.39, 0.29) is 43.9 Å². The van der Waals surface area contributed by atoms with Crippen LogP contribution in [0.15, 0.2) is 42.5 Å². The van der Waals surface area contributed by atoms with Crippen LogP contribution < -0.4 is 5.32 Å². The molecule has 0 aliphatic heterocycles. The molecule has 0 radical (unpaired) electrons. The molecule has 0 saturated heterocycles. The van der Waals surface area contributed by atoms with Crippen LogP contribution in [0.3, 0.4) is 0 Å². The maximum atomic E-state index is 15.6. The molecule has 3 heterocycles. The molecule has 77 heavy (non-hydrogen) atoms. The lowest BCUT2D eigenvalue weighted by molar-refractivity contribution is -0.159. The number of nitrogens with one attached hydrogen (secondary N) is 1. The van der Waals surface area contributed by atoms with Gasteiger partial charge in [-0.25, -0.2) is 35.2 Å². The summed E-state index contributed by atoms with van der Waals surface area (Å²) in [7, 11) is -12.8. The van der Waals surface area contributed by atoms with Crippen LogP contribution in [0.25, 0.3) is 22.0 Å². The molecule has 3 atom stereocenters. The molecule has 2 aliphatic carbocycles. The highest BCUT2D eigenvalue weighted by Gasteiger charge is 2.68. The third-order valence-corrected chi connectivity index (χ3v) is 15.9. The highest BCUT2D eigenvalue weighted by atomic mass is 35.5. The summed E-state index contributed by atoms with van der Waals surface area (Å²) >= 11 is 6.65. The van der Waals surface area contributed by atoms with E-state index in [1.165, 1.54) is 19.9 Å². The van der Waals surface area contributed by atoms with Crippen molar-refractivity contribution in [1.29, 1.82) is 0 Å². The van der Waals surface area contributed by atoms with E-state index >= 15 is 8.78 Å². The van der Waals surface area contributed by atoms with Crippen LogP contribution in [0.2, 0.25) is 5.02 Å². The summed E-state index contributed by atoms with van der Waals surface area (Å²) in [4.78, 5) is 49.8. The number of carbonyl (C=O) groups excluding carboxylic acids is 2. The van der Waals surface area contributed by atoms with E-state index in [0.717, 1.165) is 50.4 Å². The van der Waals surface area contributed by atoms with Gasteiger partial charge < -0.3 is 19.8 Å². The molecule has 1 saturated carbocycles. The first-order chi connectivity index (χ1) is 35.3. The van der Waals surface area contributed by atoms with E-state index in [0.29, 0.717) is 15.1 Å². The summed E-state index contributed by atoms with van der Waals surface area (Å²) in [5.74, 6) is -6.37. The van der Waals surface area contributed by atoms with Crippen LogP contribution in [-0.4, -0.2) is 97.9 Å². The molecule has 2 aliphatic rings. The number of rotatable bonds is 18. The molecule has 7 rings (SSSR count).